The van der Waals surface area contributed by atoms with Crippen LogP contribution in [-0.2, 0) is 14.3 Å². The lowest BCUT2D eigenvalue weighted by molar-refractivity contribution is -0.144. The molecule has 26 heavy (non-hydrogen) atoms. The molecule has 140 valence electrons. The van der Waals surface area contributed by atoms with Crippen LogP contribution in [0.5, 0.6) is 0 Å². The van der Waals surface area contributed by atoms with E-state index >= 15 is 0 Å². The molecular formula is C23H30O3. The Morgan fingerprint density at radius 3 is 2.54 bits per heavy atom. The van der Waals surface area contributed by atoms with Crippen LogP contribution in [0.1, 0.15) is 63.9 Å². The maximum atomic E-state index is 12.9. The molecule has 0 fully saturated rings. The summed E-state index contributed by atoms with van der Waals surface area (Å²) in [6.45, 7) is 4.51. The number of carbonyl (C=O) groups excluding carboxylic acids is 2. The molecule has 0 saturated carbocycles. The topological polar surface area (TPSA) is 43.4 Å². The third-order valence-electron chi connectivity index (χ3n) is 4.92. The third-order valence-corrected chi connectivity index (χ3v) is 4.92. The summed E-state index contributed by atoms with van der Waals surface area (Å²) in [7, 11) is 0. The summed E-state index contributed by atoms with van der Waals surface area (Å²) in [5.74, 6) is -0.551. The van der Waals surface area contributed by atoms with Gasteiger partial charge in [0.2, 0.25) is 0 Å². The lowest BCUT2D eigenvalue weighted by Crippen LogP contribution is -2.24. The van der Waals surface area contributed by atoms with E-state index in [0.717, 1.165) is 43.2 Å². The molecule has 1 aliphatic rings. The Bertz CT molecular complexity index is 643. The molecular weight excluding hydrogens is 324 g/mol. The number of unbranched alkanes of at least 4 members (excludes halogenated alkanes) is 2. The van der Waals surface area contributed by atoms with Gasteiger partial charge < -0.3 is 4.74 Å². The predicted molar refractivity (Wildman–Crippen MR) is 105 cm³/mol. The van der Waals surface area contributed by atoms with Crippen LogP contribution < -0.4 is 0 Å². The molecule has 3 heteroatoms. The van der Waals surface area contributed by atoms with Gasteiger partial charge in [0.05, 0.1) is 13.0 Å². The van der Waals surface area contributed by atoms with Crippen molar-refractivity contribution in [1.29, 1.82) is 0 Å². The van der Waals surface area contributed by atoms with E-state index in [-0.39, 0.29) is 30.0 Å². The number of benzene rings is 1. The van der Waals surface area contributed by atoms with Crippen LogP contribution in [0.15, 0.2) is 54.1 Å². The summed E-state index contributed by atoms with van der Waals surface area (Å²) in [5.41, 5.74) is 1.78. The van der Waals surface area contributed by atoms with Crippen LogP contribution in [-0.4, -0.2) is 18.4 Å². The van der Waals surface area contributed by atoms with Gasteiger partial charge in [-0.2, -0.15) is 0 Å². The van der Waals surface area contributed by atoms with Crippen molar-refractivity contribution in [3.8, 4) is 0 Å². The van der Waals surface area contributed by atoms with Gasteiger partial charge in [-0.1, -0.05) is 75.2 Å². The summed E-state index contributed by atoms with van der Waals surface area (Å²) >= 11 is 0. The van der Waals surface area contributed by atoms with E-state index < -0.39 is 0 Å². The largest absolute Gasteiger partial charge is 0.466 e. The van der Waals surface area contributed by atoms with Gasteiger partial charge in [0, 0.05) is 17.4 Å². The Balaban J connectivity index is 2.08. The van der Waals surface area contributed by atoms with E-state index in [0.29, 0.717) is 6.61 Å². The molecule has 0 aliphatic heterocycles. The lowest BCUT2D eigenvalue weighted by Gasteiger charge is -2.24. The number of hydrogen-bond donors (Lipinski definition) is 0. The molecule has 0 radical (unpaired) electrons. The standard InChI is InChI=1S/C23H30O3/c1-3-4-11-16-26-22(24)17-21(19-12-7-5-8-13-19)18(2)23(25)20-14-9-6-10-15-20/h5,7-9,12-15,18,21H,3-4,6,10-11,16-17H2,1-2H3. The number of allylic oxidation sites excluding steroid dienone is 4. The zero-order valence-electron chi connectivity index (χ0n) is 15.9. The molecule has 0 aromatic heterocycles. The quantitative estimate of drug-likeness (QED) is 0.419. The van der Waals surface area contributed by atoms with Crippen molar-refractivity contribution in [2.45, 2.75) is 58.3 Å². The zero-order valence-corrected chi connectivity index (χ0v) is 15.9. The highest BCUT2D eigenvalue weighted by molar-refractivity contribution is 6.00. The molecule has 0 saturated heterocycles. The van der Waals surface area contributed by atoms with Crippen molar-refractivity contribution in [2.24, 2.45) is 5.92 Å². The van der Waals surface area contributed by atoms with E-state index in [1.165, 1.54) is 0 Å². The summed E-state index contributed by atoms with van der Waals surface area (Å²) in [6.07, 6.45) is 11.1. The Labute approximate surface area is 157 Å². The van der Waals surface area contributed by atoms with Crippen LogP contribution >= 0.6 is 0 Å². The molecule has 0 heterocycles. The summed E-state index contributed by atoms with van der Waals surface area (Å²) in [5, 5.41) is 0. The first-order chi connectivity index (χ1) is 12.6. The number of ketones is 1. The Hall–Kier alpha value is -2.16. The van der Waals surface area contributed by atoms with Crippen LogP contribution in [0.4, 0.5) is 0 Å². The van der Waals surface area contributed by atoms with Crippen molar-refractivity contribution < 1.29 is 14.3 Å². The molecule has 3 nitrogen and oxygen atoms in total. The highest BCUT2D eigenvalue weighted by Crippen LogP contribution is 2.31. The normalized spacial score (nSPS) is 15.8. The van der Waals surface area contributed by atoms with Gasteiger partial charge in [0.25, 0.3) is 0 Å². The first-order valence-corrected chi connectivity index (χ1v) is 9.75. The summed E-state index contributed by atoms with van der Waals surface area (Å²) < 4.78 is 5.39. The van der Waals surface area contributed by atoms with Gasteiger partial charge in [-0.15, -0.1) is 0 Å². The van der Waals surface area contributed by atoms with E-state index in [4.69, 9.17) is 4.74 Å². The molecule has 2 atom stereocenters. The predicted octanol–water partition coefficient (Wildman–Crippen LogP) is 5.38. The fourth-order valence-electron chi connectivity index (χ4n) is 3.30. The minimum Gasteiger partial charge on any atom is -0.466 e. The molecule has 2 unspecified atom stereocenters. The van der Waals surface area contributed by atoms with Crippen molar-refractivity contribution in [2.75, 3.05) is 6.61 Å². The molecule has 0 bridgehead atoms. The average molecular weight is 354 g/mol. The molecule has 0 amide bonds. The van der Waals surface area contributed by atoms with Crippen LogP contribution in [0.2, 0.25) is 0 Å². The Kier molecular flexibility index (Phi) is 8.33. The van der Waals surface area contributed by atoms with Crippen LogP contribution in [0.3, 0.4) is 0 Å². The van der Waals surface area contributed by atoms with Crippen molar-refractivity contribution in [3.63, 3.8) is 0 Å². The second-order valence-corrected chi connectivity index (χ2v) is 6.94. The third kappa shape index (κ3) is 5.98. The second kappa shape index (κ2) is 10.7. The number of hydrogen-bond acceptors (Lipinski definition) is 3. The van der Waals surface area contributed by atoms with Crippen molar-refractivity contribution in [1.82, 2.24) is 0 Å². The highest BCUT2D eigenvalue weighted by Gasteiger charge is 2.29. The number of carbonyl (C=O) groups is 2. The molecule has 0 N–H and O–H groups in total. The summed E-state index contributed by atoms with van der Waals surface area (Å²) in [4.78, 5) is 25.3. The minimum atomic E-state index is -0.269. The Morgan fingerprint density at radius 2 is 1.88 bits per heavy atom. The molecule has 1 aliphatic carbocycles. The zero-order chi connectivity index (χ0) is 18.8. The number of esters is 1. The monoisotopic (exact) mass is 354 g/mol. The maximum Gasteiger partial charge on any atom is 0.306 e. The molecule has 1 aromatic rings. The van der Waals surface area contributed by atoms with E-state index in [1.54, 1.807) is 0 Å². The first kappa shape index (κ1) is 20.2. The minimum absolute atomic E-state index is 0.105. The second-order valence-electron chi connectivity index (χ2n) is 6.94. The van der Waals surface area contributed by atoms with Gasteiger partial charge >= 0.3 is 5.97 Å². The number of Topliss-reactive ketones (excluding diaryl/α,β-unsaturated/α-hetero) is 1. The van der Waals surface area contributed by atoms with Crippen molar-refractivity contribution >= 4 is 11.8 Å². The van der Waals surface area contributed by atoms with E-state index in [9.17, 15) is 9.59 Å². The van der Waals surface area contributed by atoms with Gasteiger partial charge in [0.15, 0.2) is 5.78 Å². The molecule has 0 spiro atoms. The Morgan fingerprint density at radius 1 is 1.12 bits per heavy atom. The van der Waals surface area contributed by atoms with Gasteiger partial charge in [-0.05, 0) is 24.8 Å². The fraction of sp³-hybridized carbons (Fsp3) is 0.478. The first-order valence-electron chi connectivity index (χ1n) is 9.75. The van der Waals surface area contributed by atoms with E-state index in [2.05, 4.69) is 6.92 Å². The lowest BCUT2D eigenvalue weighted by atomic mass is 9.79. The van der Waals surface area contributed by atoms with Gasteiger partial charge in [0.1, 0.15) is 0 Å². The molecule has 2 rings (SSSR count). The fourth-order valence-corrected chi connectivity index (χ4v) is 3.30. The summed E-state index contributed by atoms with van der Waals surface area (Å²) in [6, 6.07) is 9.83. The van der Waals surface area contributed by atoms with Crippen molar-refractivity contribution in [3.05, 3.63) is 59.7 Å². The number of ether oxygens (including phenoxy) is 1. The van der Waals surface area contributed by atoms with Crippen LogP contribution in [0, 0.1) is 5.92 Å². The van der Waals surface area contributed by atoms with Gasteiger partial charge in [-0.25, -0.2) is 0 Å². The highest BCUT2D eigenvalue weighted by atomic mass is 16.5. The number of rotatable bonds is 10. The van der Waals surface area contributed by atoms with Crippen LogP contribution in [0.25, 0.3) is 0 Å². The smallest absolute Gasteiger partial charge is 0.306 e. The van der Waals surface area contributed by atoms with Gasteiger partial charge in [-0.3, -0.25) is 9.59 Å². The SMILES string of the molecule is CCCCCOC(=O)CC(c1ccccc1)C(C)C(=O)C1=CCCC=C1. The van der Waals surface area contributed by atoms with E-state index in [1.807, 2.05) is 55.5 Å². The maximum absolute atomic E-state index is 12.9. The molecule has 1 aromatic carbocycles. The average Bonchev–Trinajstić information content (AvgIpc) is 2.69.